The molecular weight excluding hydrogens is 370 g/mol. The van der Waals surface area contributed by atoms with Gasteiger partial charge in [0.05, 0.1) is 14.2 Å². The van der Waals surface area contributed by atoms with Crippen LogP contribution in [0.2, 0.25) is 0 Å². The lowest BCUT2D eigenvalue weighted by Crippen LogP contribution is -2.40. The number of carbonyl (C=O) groups is 2. The Kier molecular flexibility index (Phi) is 6.39. The molecule has 0 aliphatic carbocycles. The van der Waals surface area contributed by atoms with E-state index in [9.17, 15) is 9.59 Å². The molecule has 0 aliphatic rings. The summed E-state index contributed by atoms with van der Waals surface area (Å²) in [4.78, 5) is 29.2. The fourth-order valence-electron chi connectivity index (χ4n) is 3.25. The van der Waals surface area contributed by atoms with Gasteiger partial charge in [-0.05, 0) is 30.2 Å². The van der Waals surface area contributed by atoms with Crippen molar-refractivity contribution < 1.29 is 19.1 Å². The van der Waals surface area contributed by atoms with Gasteiger partial charge in [-0.2, -0.15) is 0 Å². The second kappa shape index (κ2) is 9.14. The third-order valence-electron chi connectivity index (χ3n) is 4.75. The molecule has 1 aromatic heterocycles. The molecule has 2 N–H and O–H groups in total. The molecule has 0 unspecified atom stereocenters. The summed E-state index contributed by atoms with van der Waals surface area (Å²) in [6.07, 6.45) is 2.66. The molecule has 0 radical (unpaired) electrons. The zero-order valence-corrected chi connectivity index (χ0v) is 16.8. The maximum absolute atomic E-state index is 12.4. The summed E-state index contributed by atoms with van der Waals surface area (Å²) < 4.78 is 10.5. The first-order valence-corrected chi connectivity index (χ1v) is 9.35. The fraction of sp³-hybridized carbons (Fsp3) is 0.273. The Bertz CT molecular complexity index is 1010. The fourth-order valence-corrected chi connectivity index (χ4v) is 3.25. The van der Waals surface area contributed by atoms with Crippen molar-refractivity contribution in [2.75, 3.05) is 32.2 Å². The molecule has 0 aliphatic heterocycles. The molecule has 29 heavy (non-hydrogen) atoms. The van der Waals surface area contributed by atoms with E-state index in [1.165, 1.54) is 18.9 Å². The van der Waals surface area contributed by atoms with E-state index in [0.29, 0.717) is 30.2 Å². The van der Waals surface area contributed by atoms with Gasteiger partial charge in [0, 0.05) is 42.3 Å². The number of benzene rings is 2. The van der Waals surface area contributed by atoms with Gasteiger partial charge in [0.1, 0.15) is 6.54 Å². The number of anilines is 1. The number of aromatic amines is 1. The maximum Gasteiger partial charge on any atom is 0.240 e. The van der Waals surface area contributed by atoms with E-state index in [1.54, 1.807) is 25.3 Å². The average molecular weight is 395 g/mol. The molecule has 3 rings (SSSR count). The van der Waals surface area contributed by atoms with Crippen LogP contribution in [0.5, 0.6) is 11.5 Å². The lowest BCUT2D eigenvalue weighted by Gasteiger charge is -2.22. The molecule has 7 heteroatoms. The van der Waals surface area contributed by atoms with E-state index in [0.717, 1.165) is 16.5 Å². The number of fused-ring (bicyclic) bond motifs is 1. The predicted octanol–water partition coefficient (Wildman–Crippen LogP) is 2.90. The molecule has 0 spiro atoms. The third-order valence-corrected chi connectivity index (χ3v) is 4.75. The van der Waals surface area contributed by atoms with Gasteiger partial charge in [-0.3, -0.25) is 9.59 Å². The Balaban J connectivity index is 1.62. The topological polar surface area (TPSA) is 83.7 Å². The van der Waals surface area contributed by atoms with Gasteiger partial charge in [0.25, 0.3) is 0 Å². The number of amides is 2. The highest BCUT2D eigenvalue weighted by Gasteiger charge is 2.18. The van der Waals surface area contributed by atoms with Crippen molar-refractivity contribution >= 4 is 28.4 Å². The van der Waals surface area contributed by atoms with Crippen molar-refractivity contribution in [1.82, 2.24) is 10.3 Å². The molecule has 2 aromatic carbocycles. The number of methoxy groups -OCH3 is 2. The number of hydrogen-bond donors (Lipinski definition) is 2. The van der Waals surface area contributed by atoms with E-state index in [-0.39, 0.29) is 18.4 Å². The number of carbonyl (C=O) groups excluding carboxylic acids is 2. The van der Waals surface area contributed by atoms with E-state index in [1.807, 2.05) is 24.4 Å². The van der Waals surface area contributed by atoms with E-state index >= 15 is 0 Å². The maximum atomic E-state index is 12.4. The molecule has 0 fully saturated rings. The summed E-state index contributed by atoms with van der Waals surface area (Å²) in [5, 5.41) is 4.04. The quantitative estimate of drug-likeness (QED) is 0.614. The molecule has 3 aromatic rings. The Hall–Kier alpha value is -3.48. The zero-order chi connectivity index (χ0) is 20.8. The van der Waals surface area contributed by atoms with Crippen molar-refractivity contribution in [2.45, 2.75) is 13.3 Å². The molecule has 1 heterocycles. The second-order valence-corrected chi connectivity index (χ2v) is 6.60. The van der Waals surface area contributed by atoms with Crippen LogP contribution in [0.25, 0.3) is 10.9 Å². The highest BCUT2D eigenvalue weighted by molar-refractivity contribution is 5.97. The minimum absolute atomic E-state index is 0.0707. The third kappa shape index (κ3) is 4.68. The SMILES string of the molecule is COc1ccc(N(CC(=O)NCCc2c[nH]c3ccccc23)C(C)=O)cc1OC. The number of ether oxygens (including phenoxy) is 2. The van der Waals surface area contributed by atoms with Gasteiger partial charge < -0.3 is 24.7 Å². The van der Waals surface area contributed by atoms with Crippen molar-refractivity contribution in [2.24, 2.45) is 0 Å². The minimum atomic E-state index is -0.232. The molecule has 0 bridgehead atoms. The van der Waals surface area contributed by atoms with E-state index in [2.05, 4.69) is 16.4 Å². The highest BCUT2D eigenvalue weighted by Crippen LogP contribution is 2.31. The molecule has 2 amide bonds. The van der Waals surface area contributed by atoms with E-state index in [4.69, 9.17) is 9.47 Å². The lowest BCUT2D eigenvalue weighted by molar-refractivity contribution is -0.123. The van der Waals surface area contributed by atoms with Gasteiger partial charge >= 0.3 is 0 Å². The van der Waals surface area contributed by atoms with Crippen molar-refractivity contribution in [3.8, 4) is 11.5 Å². The summed E-state index contributed by atoms with van der Waals surface area (Å²) in [7, 11) is 3.07. The largest absolute Gasteiger partial charge is 0.493 e. The molecule has 7 nitrogen and oxygen atoms in total. The number of H-pyrrole nitrogens is 1. The van der Waals surface area contributed by atoms with Crippen LogP contribution < -0.4 is 19.7 Å². The zero-order valence-electron chi connectivity index (χ0n) is 16.8. The van der Waals surface area contributed by atoms with Crippen molar-refractivity contribution in [3.05, 3.63) is 54.2 Å². The van der Waals surface area contributed by atoms with Crippen molar-refractivity contribution in [1.29, 1.82) is 0 Å². The summed E-state index contributed by atoms with van der Waals surface area (Å²) in [5.74, 6) is 0.595. The van der Waals surface area contributed by atoms with Crippen LogP contribution in [0, 0.1) is 0 Å². The Morgan fingerprint density at radius 1 is 1.07 bits per heavy atom. The Labute approximate surface area is 169 Å². The van der Waals surface area contributed by atoms with Crippen LogP contribution in [-0.4, -0.2) is 44.1 Å². The van der Waals surface area contributed by atoms with E-state index < -0.39 is 0 Å². The lowest BCUT2D eigenvalue weighted by atomic mass is 10.1. The minimum Gasteiger partial charge on any atom is -0.493 e. The predicted molar refractivity (Wildman–Crippen MR) is 113 cm³/mol. The smallest absolute Gasteiger partial charge is 0.240 e. The Morgan fingerprint density at radius 2 is 1.83 bits per heavy atom. The first-order chi connectivity index (χ1) is 14.0. The number of hydrogen-bond acceptors (Lipinski definition) is 4. The van der Waals surface area contributed by atoms with Crippen molar-refractivity contribution in [3.63, 3.8) is 0 Å². The average Bonchev–Trinajstić information content (AvgIpc) is 3.14. The summed E-state index contributed by atoms with van der Waals surface area (Å²) in [5.41, 5.74) is 2.79. The first kappa shape index (κ1) is 20.3. The van der Waals surface area contributed by atoms with Gasteiger partial charge in [-0.1, -0.05) is 18.2 Å². The standard InChI is InChI=1S/C22H25N3O4/c1-15(26)25(17-8-9-20(28-2)21(12-17)29-3)14-22(27)23-11-10-16-13-24-19-7-5-4-6-18(16)19/h4-9,12-13,24H,10-11,14H2,1-3H3,(H,23,27). The summed E-state index contributed by atoms with van der Waals surface area (Å²) in [6.45, 7) is 1.84. The molecular formula is C22H25N3O4. The van der Waals surface area contributed by atoms with Gasteiger partial charge in [0.2, 0.25) is 11.8 Å². The van der Waals surface area contributed by atoms with Crippen LogP contribution in [-0.2, 0) is 16.0 Å². The number of nitrogens with one attached hydrogen (secondary N) is 2. The normalized spacial score (nSPS) is 10.6. The second-order valence-electron chi connectivity index (χ2n) is 6.60. The monoisotopic (exact) mass is 395 g/mol. The molecule has 152 valence electrons. The van der Waals surface area contributed by atoms with Crippen LogP contribution in [0.1, 0.15) is 12.5 Å². The number of rotatable bonds is 8. The van der Waals surface area contributed by atoms with Crippen LogP contribution in [0.4, 0.5) is 5.69 Å². The number of aromatic nitrogens is 1. The van der Waals surface area contributed by atoms with Gasteiger partial charge in [0.15, 0.2) is 11.5 Å². The number of nitrogens with zero attached hydrogens (tertiary/aromatic N) is 1. The first-order valence-electron chi connectivity index (χ1n) is 9.35. The van der Waals surface area contributed by atoms with Gasteiger partial charge in [-0.15, -0.1) is 0 Å². The Morgan fingerprint density at radius 3 is 2.55 bits per heavy atom. The molecule has 0 saturated carbocycles. The number of para-hydroxylation sites is 1. The summed E-state index contributed by atoms with van der Waals surface area (Å²) in [6, 6.07) is 13.2. The van der Waals surface area contributed by atoms with Crippen LogP contribution in [0.3, 0.4) is 0 Å². The van der Waals surface area contributed by atoms with Gasteiger partial charge in [-0.25, -0.2) is 0 Å². The molecule has 0 saturated heterocycles. The molecule has 0 atom stereocenters. The van der Waals surface area contributed by atoms with Crippen LogP contribution in [0.15, 0.2) is 48.7 Å². The summed E-state index contributed by atoms with van der Waals surface area (Å²) >= 11 is 0. The van der Waals surface area contributed by atoms with Crippen LogP contribution >= 0.6 is 0 Å². The highest BCUT2D eigenvalue weighted by atomic mass is 16.5.